The maximum atomic E-state index is 11.8. The van der Waals surface area contributed by atoms with E-state index in [2.05, 4.69) is 5.32 Å². The van der Waals surface area contributed by atoms with Crippen molar-refractivity contribution in [3.63, 3.8) is 0 Å². The Hall–Kier alpha value is -1.60. The average Bonchev–Trinajstić information content (AvgIpc) is 3.10. The highest BCUT2D eigenvalue weighted by molar-refractivity contribution is 7.89. The van der Waals surface area contributed by atoms with E-state index in [4.69, 9.17) is 9.88 Å². The molecule has 0 heterocycles. The average molecular weight is 270 g/mol. The fraction of sp³-hybridized carbons (Fsp3) is 0.364. The van der Waals surface area contributed by atoms with Crippen LogP contribution < -0.4 is 15.2 Å². The van der Waals surface area contributed by atoms with Crippen LogP contribution in [-0.2, 0) is 10.0 Å². The zero-order valence-electron chi connectivity index (χ0n) is 9.84. The second-order valence-electron chi connectivity index (χ2n) is 4.07. The second-order valence-corrected chi connectivity index (χ2v) is 5.60. The van der Waals surface area contributed by atoms with Gasteiger partial charge in [0.1, 0.15) is 11.3 Å². The van der Waals surface area contributed by atoms with Gasteiger partial charge in [0.2, 0.25) is 10.0 Å². The Bertz CT molecular complexity index is 579. The standard InChI is InChI=1S/C11H14N2O4S/c1-13-11(14)10-8(17-7-5-6-7)3-2-4-9(10)18(12,15)16/h2-4,7H,5-6H2,1H3,(H,13,14)(H2,12,15,16). The summed E-state index contributed by atoms with van der Waals surface area (Å²) in [5.41, 5.74) is -0.0330. The lowest BCUT2D eigenvalue weighted by atomic mass is 10.2. The third-order valence-electron chi connectivity index (χ3n) is 2.57. The summed E-state index contributed by atoms with van der Waals surface area (Å²) in [7, 11) is -2.55. The van der Waals surface area contributed by atoms with E-state index in [0.717, 1.165) is 12.8 Å². The summed E-state index contributed by atoms with van der Waals surface area (Å²) in [6, 6.07) is 4.36. The number of hydrogen-bond acceptors (Lipinski definition) is 4. The number of carbonyl (C=O) groups is 1. The van der Waals surface area contributed by atoms with Crippen molar-refractivity contribution in [1.29, 1.82) is 0 Å². The Morgan fingerprint density at radius 1 is 1.44 bits per heavy atom. The van der Waals surface area contributed by atoms with Gasteiger partial charge in [-0.1, -0.05) is 6.07 Å². The first-order chi connectivity index (χ1) is 8.43. The molecule has 98 valence electrons. The fourth-order valence-electron chi connectivity index (χ4n) is 1.56. The molecular weight excluding hydrogens is 256 g/mol. The largest absolute Gasteiger partial charge is 0.490 e. The van der Waals surface area contributed by atoms with E-state index >= 15 is 0 Å². The van der Waals surface area contributed by atoms with Crippen molar-refractivity contribution in [3.8, 4) is 5.75 Å². The molecule has 7 heteroatoms. The van der Waals surface area contributed by atoms with Crippen molar-refractivity contribution >= 4 is 15.9 Å². The first kappa shape index (κ1) is 12.8. The molecule has 1 aromatic rings. The van der Waals surface area contributed by atoms with Crippen molar-refractivity contribution in [1.82, 2.24) is 5.32 Å². The van der Waals surface area contributed by atoms with Crippen LogP contribution >= 0.6 is 0 Å². The van der Waals surface area contributed by atoms with E-state index in [1.165, 1.54) is 19.2 Å². The summed E-state index contributed by atoms with van der Waals surface area (Å²) in [5.74, 6) is -0.279. The van der Waals surface area contributed by atoms with Gasteiger partial charge < -0.3 is 10.1 Å². The van der Waals surface area contributed by atoms with Crippen molar-refractivity contribution in [2.75, 3.05) is 7.05 Å². The Morgan fingerprint density at radius 3 is 2.61 bits per heavy atom. The van der Waals surface area contributed by atoms with Crippen molar-refractivity contribution < 1.29 is 17.9 Å². The van der Waals surface area contributed by atoms with Gasteiger partial charge in [0.15, 0.2) is 0 Å². The number of nitrogens with one attached hydrogen (secondary N) is 1. The molecule has 0 unspecified atom stereocenters. The highest BCUT2D eigenvalue weighted by Crippen LogP contribution is 2.31. The number of nitrogens with two attached hydrogens (primary N) is 1. The highest BCUT2D eigenvalue weighted by atomic mass is 32.2. The van der Waals surface area contributed by atoms with Gasteiger partial charge in [-0.05, 0) is 25.0 Å². The van der Waals surface area contributed by atoms with Gasteiger partial charge in [0.25, 0.3) is 5.91 Å². The Labute approximate surface area is 105 Å². The number of ether oxygens (including phenoxy) is 1. The van der Waals surface area contributed by atoms with E-state index in [9.17, 15) is 13.2 Å². The van der Waals surface area contributed by atoms with Crippen LogP contribution in [0.25, 0.3) is 0 Å². The lowest BCUT2D eigenvalue weighted by Crippen LogP contribution is -2.24. The van der Waals surface area contributed by atoms with Gasteiger partial charge in [-0.15, -0.1) is 0 Å². The fourth-order valence-corrected chi connectivity index (χ4v) is 2.31. The molecule has 3 N–H and O–H groups in total. The summed E-state index contributed by atoms with van der Waals surface area (Å²) in [5, 5.41) is 7.49. The van der Waals surface area contributed by atoms with Crippen LogP contribution in [0.4, 0.5) is 0 Å². The highest BCUT2D eigenvalue weighted by Gasteiger charge is 2.28. The zero-order chi connectivity index (χ0) is 13.3. The molecule has 1 fully saturated rings. The lowest BCUT2D eigenvalue weighted by molar-refractivity contribution is 0.0955. The monoisotopic (exact) mass is 270 g/mol. The van der Waals surface area contributed by atoms with Gasteiger partial charge in [-0.2, -0.15) is 0 Å². The van der Waals surface area contributed by atoms with Crippen molar-refractivity contribution in [3.05, 3.63) is 23.8 Å². The Balaban J connectivity index is 2.55. The smallest absolute Gasteiger partial charge is 0.256 e. The van der Waals surface area contributed by atoms with Gasteiger partial charge in [0, 0.05) is 7.05 Å². The minimum absolute atomic E-state index is 0.0330. The molecule has 0 spiro atoms. The molecular formula is C11H14N2O4S. The minimum atomic E-state index is -3.97. The van der Waals surface area contributed by atoms with Gasteiger partial charge >= 0.3 is 0 Å². The maximum Gasteiger partial charge on any atom is 0.256 e. The van der Waals surface area contributed by atoms with Crippen molar-refractivity contribution in [2.45, 2.75) is 23.8 Å². The summed E-state index contributed by atoms with van der Waals surface area (Å²) in [6.45, 7) is 0. The van der Waals surface area contributed by atoms with Crippen LogP contribution in [0.3, 0.4) is 0 Å². The quantitative estimate of drug-likeness (QED) is 0.818. The topological polar surface area (TPSA) is 98.5 Å². The van der Waals surface area contributed by atoms with Crippen LogP contribution in [0.5, 0.6) is 5.75 Å². The first-order valence-corrected chi connectivity index (χ1v) is 7.02. The molecule has 0 bridgehead atoms. The van der Waals surface area contributed by atoms with Gasteiger partial charge in [-0.25, -0.2) is 13.6 Å². The first-order valence-electron chi connectivity index (χ1n) is 5.48. The summed E-state index contributed by atoms with van der Waals surface area (Å²) >= 11 is 0. The summed E-state index contributed by atoms with van der Waals surface area (Å²) in [4.78, 5) is 11.6. The molecule has 6 nitrogen and oxygen atoms in total. The SMILES string of the molecule is CNC(=O)c1c(OC2CC2)cccc1S(N)(=O)=O. The molecule has 0 saturated heterocycles. The van der Waals surface area contributed by atoms with Crippen LogP contribution in [-0.4, -0.2) is 27.5 Å². The summed E-state index contributed by atoms with van der Waals surface area (Å²) in [6.07, 6.45) is 1.88. The number of carbonyl (C=O) groups excluding carboxylic acids is 1. The molecule has 0 radical (unpaired) electrons. The molecule has 0 aromatic heterocycles. The number of primary sulfonamides is 1. The molecule has 1 amide bonds. The number of sulfonamides is 1. The molecule has 1 aromatic carbocycles. The Kier molecular flexibility index (Phi) is 3.27. The molecule has 2 rings (SSSR count). The van der Waals surface area contributed by atoms with E-state index in [-0.39, 0.29) is 22.3 Å². The number of amides is 1. The predicted octanol–water partition coefficient (Wildman–Crippen LogP) is 0.235. The van der Waals surface area contributed by atoms with E-state index in [0.29, 0.717) is 0 Å². The molecule has 1 aliphatic rings. The normalized spacial score (nSPS) is 15.2. The van der Waals surface area contributed by atoms with Gasteiger partial charge in [-0.3, -0.25) is 4.79 Å². The number of rotatable bonds is 4. The molecule has 1 saturated carbocycles. The minimum Gasteiger partial charge on any atom is -0.490 e. The second kappa shape index (κ2) is 4.58. The predicted molar refractivity (Wildman–Crippen MR) is 64.9 cm³/mol. The van der Waals surface area contributed by atoms with E-state index in [1.807, 2.05) is 0 Å². The van der Waals surface area contributed by atoms with E-state index in [1.54, 1.807) is 6.07 Å². The van der Waals surface area contributed by atoms with Crippen LogP contribution in [0.15, 0.2) is 23.1 Å². The molecule has 0 aliphatic heterocycles. The molecule has 0 atom stereocenters. The third-order valence-corrected chi connectivity index (χ3v) is 3.52. The third kappa shape index (κ3) is 2.62. The van der Waals surface area contributed by atoms with Gasteiger partial charge in [0.05, 0.1) is 11.0 Å². The molecule has 1 aliphatic carbocycles. The van der Waals surface area contributed by atoms with Crippen LogP contribution in [0.1, 0.15) is 23.2 Å². The summed E-state index contributed by atoms with van der Waals surface area (Å²) < 4.78 is 28.5. The number of hydrogen-bond donors (Lipinski definition) is 2. The number of benzene rings is 1. The van der Waals surface area contributed by atoms with Crippen molar-refractivity contribution in [2.24, 2.45) is 5.14 Å². The van der Waals surface area contributed by atoms with E-state index < -0.39 is 15.9 Å². The Morgan fingerprint density at radius 2 is 2.11 bits per heavy atom. The van der Waals surface area contributed by atoms with Crippen LogP contribution in [0.2, 0.25) is 0 Å². The maximum absolute atomic E-state index is 11.8. The zero-order valence-corrected chi connectivity index (χ0v) is 10.7. The lowest BCUT2D eigenvalue weighted by Gasteiger charge is -2.13. The molecule has 18 heavy (non-hydrogen) atoms. The van der Waals surface area contributed by atoms with Crippen LogP contribution in [0, 0.1) is 0 Å².